The van der Waals surface area contributed by atoms with Gasteiger partial charge in [0.15, 0.2) is 0 Å². The molecule has 0 unspecified atom stereocenters. The molecule has 1 aliphatic heterocycles. The zero-order valence-corrected chi connectivity index (χ0v) is 21.9. The first-order valence-electron chi connectivity index (χ1n) is 13.4. The first-order chi connectivity index (χ1) is 18.5. The van der Waals surface area contributed by atoms with E-state index in [-0.39, 0.29) is 5.56 Å². The van der Waals surface area contributed by atoms with Gasteiger partial charge in [-0.3, -0.25) is 9.69 Å². The number of halogens is 1. The van der Waals surface area contributed by atoms with Gasteiger partial charge >= 0.3 is 0 Å². The first kappa shape index (κ1) is 26.5. The van der Waals surface area contributed by atoms with Gasteiger partial charge in [-0.1, -0.05) is 54.6 Å². The monoisotopic (exact) mass is 517 g/mol. The van der Waals surface area contributed by atoms with E-state index in [1.54, 1.807) is 13.2 Å². The lowest BCUT2D eigenvalue weighted by molar-refractivity contribution is 0.0854. The Morgan fingerprint density at radius 3 is 2.50 bits per heavy atom. The van der Waals surface area contributed by atoms with Gasteiger partial charge in [0.2, 0.25) is 0 Å². The van der Waals surface area contributed by atoms with Crippen molar-refractivity contribution in [3.05, 3.63) is 94.8 Å². The van der Waals surface area contributed by atoms with E-state index in [1.165, 1.54) is 12.1 Å². The van der Waals surface area contributed by atoms with E-state index in [9.17, 15) is 14.3 Å². The van der Waals surface area contributed by atoms with Crippen molar-refractivity contribution in [2.75, 3.05) is 46.4 Å². The highest BCUT2D eigenvalue weighted by molar-refractivity contribution is 5.95. The largest absolute Gasteiger partial charge is 0.390 e. The summed E-state index contributed by atoms with van der Waals surface area (Å²) in [5, 5.41) is 13.7. The molecule has 2 aliphatic rings. The van der Waals surface area contributed by atoms with Gasteiger partial charge in [-0.25, -0.2) is 4.39 Å². The molecule has 2 N–H and O–H groups in total. The van der Waals surface area contributed by atoms with Crippen molar-refractivity contribution >= 4 is 5.91 Å². The zero-order chi connectivity index (χ0) is 26.5. The van der Waals surface area contributed by atoms with Gasteiger partial charge in [-0.2, -0.15) is 0 Å². The number of hydrogen-bond donors (Lipinski definition) is 2. The van der Waals surface area contributed by atoms with Crippen LogP contribution >= 0.6 is 0 Å². The van der Waals surface area contributed by atoms with E-state index in [4.69, 9.17) is 4.74 Å². The summed E-state index contributed by atoms with van der Waals surface area (Å²) in [7, 11) is 1.74. The molecule has 0 saturated carbocycles. The lowest BCUT2D eigenvalue weighted by Gasteiger charge is -2.34. The Morgan fingerprint density at radius 1 is 1.00 bits per heavy atom. The number of carbonyl (C=O) groups excluding carboxylic acids is 1. The highest BCUT2D eigenvalue weighted by Crippen LogP contribution is 2.33. The summed E-state index contributed by atoms with van der Waals surface area (Å²) >= 11 is 0. The molecule has 3 aromatic rings. The van der Waals surface area contributed by atoms with Crippen LogP contribution in [0.1, 0.15) is 39.5 Å². The van der Waals surface area contributed by atoms with Crippen molar-refractivity contribution in [2.45, 2.75) is 31.5 Å². The summed E-state index contributed by atoms with van der Waals surface area (Å²) in [6.45, 7) is 6.78. The summed E-state index contributed by atoms with van der Waals surface area (Å²) in [6, 6.07) is 19.8. The molecule has 0 spiro atoms. The minimum Gasteiger partial charge on any atom is -0.390 e. The van der Waals surface area contributed by atoms with Crippen molar-refractivity contribution in [1.82, 2.24) is 15.1 Å². The Bertz CT molecular complexity index is 1240. The number of piperazine rings is 1. The van der Waals surface area contributed by atoms with Crippen LogP contribution in [0.4, 0.5) is 4.39 Å². The van der Waals surface area contributed by atoms with Gasteiger partial charge in [-0.05, 0) is 46.4 Å². The molecule has 200 valence electrons. The molecule has 1 heterocycles. The van der Waals surface area contributed by atoms with Gasteiger partial charge in [0.25, 0.3) is 5.91 Å². The number of nitrogens with zero attached hydrogens (tertiary/aromatic N) is 2. The summed E-state index contributed by atoms with van der Waals surface area (Å²) < 4.78 is 20.1. The molecular formula is C31H36FN3O3. The van der Waals surface area contributed by atoms with Crippen LogP contribution in [-0.4, -0.2) is 73.4 Å². The maximum Gasteiger partial charge on any atom is 0.254 e. The van der Waals surface area contributed by atoms with Crippen molar-refractivity contribution < 1.29 is 19.0 Å². The molecule has 0 bridgehead atoms. The predicted octanol–water partition coefficient (Wildman–Crippen LogP) is 4.03. The molecular weight excluding hydrogens is 481 g/mol. The minimum atomic E-state index is -0.744. The topological polar surface area (TPSA) is 65.0 Å². The first-order valence-corrected chi connectivity index (χ1v) is 13.4. The third kappa shape index (κ3) is 6.13. The Kier molecular flexibility index (Phi) is 8.49. The van der Waals surface area contributed by atoms with Crippen molar-refractivity contribution in [3.8, 4) is 11.1 Å². The smallest absolute Gasteiger partial charge is 0.254 e. The van der Waals surface area contributed by atoms with Gasteiger partial charge < -0.3 is 20.1 Å². The molecule has 1 aliphatic carbocycles. The molecule has 1 fully saturated rings. The Hall–Kier alpha value is -3.10. The average molecular weight is 518 g/mol. The zero-order valence-electron chi connectivity index (χ0n) is 21.9. The number of fused-ring (bicyclic) bond motifs is 1. The van der Waals surface area contributed by atoms with E-state index < -0.39 is 23.9 Å². The van der Waals surface area contributed by atoms with E-state index in [0.717, 1.165) is 74.6 Å². The summed E-state index contributed by atoms with van der Waals surface area (Å²) in [5.41, 5.74) is 4.68. The maximum absolute atomic E-state index is 15.0. The van der Waals surface area contributed by atoms with Gasteiger partial charge in [-0.15, -0.1) is 0 Å². The molecule has 3 aromatic carbocycles. The Morgan fingerprint density at radius 2 is 1.76 bits per heavy atom. The van der Waals surface area contributed by atoms with Gasteiger partial charge in [0.1, 0.15) is 5.82 Å². The summed E-state index contributed by atoms with van der Waals surface area (Å²) in [6.07, 6.45) is 0.778. The molecule has 38 heavy (non-hydrogen) atoms. The number of ether oxygens (including phenoxy) is 1. The standard InChI is InChI=1S/C31H36FN3O3/c1-38-17-5-12-34-13-15-35(16-14-34)21-22-8-9-25-20-29(36)30(27(25)18-22)33-31(37)26-11-10-24(19-28(26)32)23-6-3-2-4-7-23/h2-4,6-11,18-19,29-30,36H,5,12-17,20-21H2,1H3,(H,33,37)/t29-,30-/m1/s1. The molecule has 1 saturated heterocycles. The lowest BCUT2D eigenvalue weighted by atomic mass is 10.0. The number of benzene rings is 3. The van der Waals surface area contributed by atoms with Crippen LogP contribution in [0.2, 0.25) is 0 Å². The van der Waals surface area contributed by atoms with E-state index in [0.29, 0.717) is 12.0 Å². The number of methoxy groups -OCH3 is 1. The number of amides is 1. The van der Waals surface area contributed by atoms with Crippen LogP contribution in [0, 0.1) is 5.82 Å². The number of carbonyl (C=O) groups is 1. The summed E-state index contributed by atoms with van der Waals surface area (Å²) in [4.78, 5) is 18.0. The molecule has 0 aromatic heterocycles. The molecule has 2 atom stereocenters. The number of aliphatic hydroxyl groups is 1. The van der Waals surface area contributed by atoms with E-state index >= 15 is 0 Å². The number of nitrogens with one attached hydrogen (secondary N) is 1. The number of hydrogen-bond acceptors (Lipinski definition) is 5. The average Bonchev–Trinajstić information content (AvgIpc) is 3.24. The van der Waals surface area contributed by atoms with Gasteiger partial charge in [0, 0.05) is 59.4 Å². The highest BCUT2D eigenvalue weighted by Gasteiger charge is 2.33. The molecule has 7 heteroatoms. The second kappa shape index (κ2) is 12.2. The quantitative estimate of drug-likeness (QED) is 0.420. The fraction of sp³-hybridized carbons (Fsp3) is 0.387. The fourth-order valence-corrected chi connectivity index (χ4v) is 5.53. The maximum atomic E-state index is 15.0. The SMILES string of the molecule is COCCCN1CCN(Cc2ccc3c(c2)[C@@H](NC(=O)c2ccc(-c4ccccc4)cc2F)[C@H](O)C3)CC1. The third-order valence-corrected chi connectivity index (χ3v) is 7.66. The number of rotatable bonds is 9. The fourth-order valence-electron chi connectivity index (χ4n) is 5.53. The van der Waals surface area contributed by atoms with Gasteiger partial charge in [0.05, 0.1) is 17.7 Å². The van der Waals surface area contributed by atoms with Crippen LogP contribution in [0.25, 0.3) is 11.1 Å². The van der Waals surface area contributed by atoms with Crippen LogP contribution in [-0.2, 0) is 17.7 Å². The third-order valence-electron chi connectivity index (χ3n) is 7.66. The predicted molar refractivity (Wildman–Crippen MR) is 146 cm³/mol. The molecule has 1 amide bonds. The Balaban J connectivity index is 1.23. The molecule has 6 nitrogen and oxygen atoms in total. The minimum absolute atomic E-state index is 0.0233. The summed E-state index contributed by atoms with van der Waals surface area (Å²) in [5.74, 6) is -1.10. The second-order valence-corrected chi connectivity index (χ2v) is 10.3. The van der Waals surface area contributed by atoms with Crippen LogP contribution < -0.4 is 5.32 Å². The van der Waals surface area contributed by atoms with E-state index in [1.807, 2.05) is 30.3 Å². The molecule has 5 rings (SSSR count). The number of aliphatic hydroxyl groups excluding tert-OH is 1. The Labute approximate surface area is 224 Å². The van der Waals surface area contributed by atoms with Crippen molar-refractivity contribution in [3.63, 3.8) is 0 Å². The second-order valence-electron chi connectivity index (χ2n) is 10.3. The lowest BCUT2D eigenvalue weighted by Crippen LogP contribution is -2.46. The van der Waals surface area contributed by atoms with Crippen molar-refractivity contribution in [2.24, 2.45) is 0 Å². The van der Waals surface area contributed by atoms with Crippen molar-refractivity contribution in [1.29, 1.82) is 0 Å². The van der Waals surface area contributed by atoms with E-state index in [2.05, 4.69) is 33.3 Å². The normalized spacial score (nSPS) is 19.9. The van der Waals surface area contributed by atoms with Crippen LogP contribution in [0.5, 0.6) is 0 Å². The van der Waals surface area contributed by atoms with Crippen LogP contribution in [0.15, 0.2) is 66.7 Å². The highest BCUT2D eigenvalue weighted by atomic mass is 19.1. The molecule has 0 radical (unpaired) electrons. The van der Waals surface area contributed by atoms with Crippen LogP contribution in [0.3, 0.4) is 0 Å².